The standard InChI is InChI=1S/C15H31N3O2/c1-5-6-11-17-14(16)18-12-9-7-8-10-13(19)20-15(2,3)4/h5-12H2,1-4H3,(H3,16,17,18). The van der Waals surface area contributed by atoms with E-state index in [4.69, 9.17) is 10.5 Å². The summed E-state index contributed by atoms with van der Waals surface area (Å²) in [7, 11) is 0. The Morgan fingerprint density at radius 2 is 1.90 bits per heavy atom. The van der Waals surface area contributed by atoms with Crippen LogP contribution in [-0.2, 0) is 9.53 Å². The molecule has 0 aliphatic heterocycles. The Balaban J connectivity index is 3.52. The van der Waals surface area contributed by atoms with Crippen LogP contribution < -0.4 is 11.1 Å². The molecular weight excluding hydrogens is 254 g/mol. The Hall–Kier alpha value is -1.26. The highest BCUT2D eigenvalue weighted by molar-refractivity contribution is 5.77. The molecule has 0 unspecified atom stereocenters. The smallest absolute Gasteiger partial charge is 0.306 e. The predicted octanol–water partition coefficient (Wildman–Crippen LogP) is 2.59. The molecular formula is C15H31N3O2. The lowest BCUT2D eigenvalue weighted by Crippen LogP contribution is -2.32. The summed E-state index contributed by atoms with van der Waals surface area (Å²) in [5.41, 5.74) is 5.32. The minimum atomic E-state index is -0.389. The molecule has 0 spiro atoms. The third-order valence-corrected chi connectivity index (χ3v) is 2.58. The van der Waals surface area contributed by atoms with Crippen molar-refractivity contribution in [1.82, 2.24) is 5.32 Å². The number of carbonyl (C=O) groups excluding carboxylic acids is 1. The zero-order valence-electron chi connectivity index (χ0n) is 13.5. The van der Waals surface area contributed by atoms with E-state index < -0.39 is 0 Å². The number of nitrogens with two attached hydrogens (primary N) is 1. The quantitative estimate of drug-likeness (QED) is 0.295. The maximum atomic E-state index is 11.5. The molecule has 5 heteroatoms. The zero-order valence-corrected chi connectivity index (χ0v) is 13.5. The normalized spacial score (nSPS) is 12.3. The minimum Gasteiger partial charge on any atom is -0.460 e. The van der Waals surface area contributed by atoms with Crippen LogP contribution >= 0.6 is 0 Å². The first-order valence-corrected chi connectivity index (χ1v) is 7.61. The second kappa shape index (κ2) is 10.5. The minimum absolute atomic E-state index is 0.123. The summed E-state index contributed by atoms with van der Waals surface area (Å²) in [6, 6.07) is 0. The average Bonchev–Trinajstić information content (AvgIpc) is 2.31. The number of ether oxygens (including phenoxy) is 1. The predicted molar refractivity (Wildman–Crippen MR) is 83.7 cm³/mol. The summed E-state index contributed by atoms with van der Waals surface area (Å²) in [6.45, 7) is 9.37. The fourth-order valence-corrected chi connectivity index (χ4v) is 1.60. The SMILES string of the molecule is CCCCNC(N)=NCCCCCC(=O)OC(C)(C)C. The van der Waals surface area contributed by atoms with E-state index in [0.29, 0.717) is 18.9 Å². The Morgan fingerprint density at radius 1 is 1.20 bits per heavy atom. The lowest BCUT2D eigenvalue weighted by atomic mass is 10.1. The molecule has 0 radical (unpaired) electrons. The van der Waals surface area contributed by atoms with Crippen LogP contribution in [0.5, 0.6) is 0 Å². The number of unbranched alkanes of at least 4 members (excludes halogenated alkanes) is 3. The van der Waals surface area contributed by atoms with Crippen molar-refractivity contribution in [2.45, 2.75) is 71.8 Å². The third kappa shape index (κ3) is 13.2. The molecule has 0 aromatic rings. The van der Waals surface area contributed by atoms with E-state index in [1.165, 1.54) is 0 Å². The highest BCUT2D eigenvalue weighted by atomic mass is 16.6. The van der Waals surface area contributed by atoms with E-state index >= 15 is 0 Å². The fraction of sp³-hybridized carbons (Fsp3) is 0.867. The molecule has 0 fully saturated rings. The number of hydrogen-bond acceptors (Lipinski definition) is 3. The largest absolute Gasteiger partial charge is 0.460 e. The lowest BCUT2D eigenvalue weighted by Gasteiger charge is -2.19. The van der Waals surface area contributed by atoms with Gasteiger partial charge in [0.15, 0.2) is 5.96 Å². The van der Waals surface area contributed by atoms with Gasteiger partial charge in [-0.2, -0.15) is 0 Å². The Kier molecular flexibility index (Phi) is 9.86. The number of carbonyl (C=O) groups is 1. The second-order valence-electron chi connectivity index (χ2n) is 5.94. The van der Waals surface area contributed by atoms with E-state index in [1.54, 1.807) is 0 Å². The Morgan fingerprint density at radius 3 is 2.50 bits per heavy atom. The maximum absolute atomic E-state index is 11.5. The molecule has 0 atom stereocenters. The highest BCUT2D eigenvalue weighted by Crippen LogP contribution is 2.10. The van der Waals surface area contributed by atoms with Crippen molar-refractivity contribution < 1.29 is 9.53 Å². The van der Waals surface area contributed by atoms with Gasteiger partial charge in [0.25, 0.3) is 0 Å². The van der Waals surface area contributed by atoms with Gasteiger partial charge in [-0.25, -0.2) is 0 Å². The molecule has 3 N–H and O–H groups in total. The second-order valence-corrected chi connectivity index (χ2v) is 5.94. The van der Waals surface area contributed by atoms with E-state index in [0.717, 1.165) is 38.6 Å². The summed E-state index contributed by atoms with van der Waals surface area (Å²) in [5.74, 6) is 0.396. The van der Waals surface area contributed by atoms with E-state index in [-0.39, 0.29) is 11.6 Å². The van der Waals surface area contributed by atoms with Crippen LogP contribution in [0.25, 0.3) is 0 Å². The molecule has 0 amide bonds. The van der Waals surface area contributed by atoms with Crippen LogP contribution in [0.3, 0.4) is 0 Å². The average molecular weight is 285 g/mol. The number of nitrogens with one attached hydrogen (secondary N) is 1. The monoisotopic (exact) mass is 285 g/mol. The molecule has 0 saturated heterocycles. The van der Waals surface area contributed by atoms with Gasteiger partial charge in [0.05, 0.1) is 0 Å². The van der Waals surface area contributed by atoms with Crippen LogP contribution in [-0.4, -0.2) is 30.6 Å². The van der Waals surface area contributed by atoms with Crippen molar-refractivity contribution >= 4 is 11.9 Å². The van der Waals surface area contributed by atoms with Crippen LogP contribution in [0.2, 0.25) is 0 Å². The molecule has 20 heavy (non-hydrogen) atoms. The fourth-order valence-electron chi connectivity index (χ4n) is 1.60. The number of esters is 1. The highest BCUT2D eigenvalue weighted by Gasteiger charge is 2.15. The van der Waals surface area contributed by atoms with Gasteiger partial charge in [-0.1, -0.05) is 19.8 Å². The molecule has 118 valence electrons. The van der Waals surface area contributed by atoms with Crippen molar-refractivity contribution in [2.75, 3.05) is 13.1 Å². The molecule has 0 saturated carbocycles. The summed E-state index contributed by atoms with van der Waals surface area (Å²) in [4.78, 5) is 15.7. The van der Waals surface area contributed by atoms with Crippen molar-refractivity contribution in [2.24, 2.45) is 10.7 Å². The van der Waals surface area contributed by atoms with Gasteiger partial charge in [-0.05, 0) is 40.0 Å². The van der Waals surface area contributed by atoms with E-state index in [1.807, 2.05) is 20.8 Å². The van der Waals surface area contributed by atoms with Crippen LogP contribution in [0.4, 0.5) is 0 Å². The number of aliphatic imine (C=N–C) groups is 1. The van der Waals surface area contributed by atoms with Gasteiger partial charge in [0.1, 0.15) is 5.60 Å². The maximum Gasteiger partial charge on any atom is 0.306 e. The van der Waals surface area contributed by atoms with Gasteiger partial charge in [0, 0.05) is 19.5 Å². The van der Waals surface area contributed by atoms with Crippen LogP contribution in [0.15, 0.2) is 4.99 Å². The first-order valence-electron chi connectivity index (χ1n) is 7.61. The molecule has 0 aliphatic rings. The molecule has 5 nitrogen and oxygen atoms in total. The zero-order chi connectivity index (χ0) is 15.4. The Labute approximate surface area is 123 Å². The molecule has 0 rings (SSSR count). The van der Waals surface area contributed by atoms with Gasteiger partial charge in [-0.15, -0.1) is 0 Å². The van der Waals surface area contributed by atoms with Gasteiger partial charge < -0.3 is 15.8 Å². The van der Waals surface area contributed by atoms with Crippen molar-refractivity contribution in [3.63, 3.8) is 0 Å². The molecule has 0 bridgehead atoms. The van der Waals surface area contributed by atoms with Gasteiger partial charge >= 0.3 is 5.97 Å². The molecule has 0 aromatic heterocycles. The first kappa shape index (κ1) is 18.7. The summed E-state index contributed by atoms with van der Waals surface area (Å²) >= 11 is 0. The summed E-state index contributed by atoms with van der Waals surface area (Å²) in [6.07, 6.45) is 5.47. The van der Waals surface area contributed by atoms with Gasteiger partial charge in [-0.3, -0.25) is 9.79 Å². The molecule has 0 aliphatic carbocycles. The number of nitrogens with zero attached hydrogens (tertiary/aromatic N) is 1. The Bertz CT molecular complexity index is 296. The molecule has 0 heterocycles. The number of rotatable bonds is 9. The van der Waals surface area contributed by atoms with Gasteiger partial charge in [0.2, 0.25) is 0 Å². The van der Waals surface area contributed by atoms with E-state index in [9.17, 15) is 4.79 Å². The summed E-state index contributed by atoms with van der Waals surface area (Å²) < 4.78 is 5.24. The third-order valence-electron chi connectivity index (χ3n) is 2.58. The van der Waals surface area contributed by atoms with Crippen molar-refractivity contribution in [1.29, 1.82) is 0 Å². The lowest BCUT2D eigenvalue weighted by molar-refractivity contribution is -0.154. The van der Waals surface area contributed by atoms with E-state index in [2.05, 4.69) is 17.2 Å². The first-order chi connectivity index (χ1) is 9.35. The number of guanidine groups is 1. The molecule has 0 aromatic carbocycles. The van der Waals surface area contributed by atoms with Crippen LogP contribution in [0, 0.1) is 0 Å². The number of hydrogen-bond donors (Lipinski definition) is 2. The van der Waals surface area contributed by atoms with Crippen molar-refractivity contribution in [3.8, 4) is 0 Å². The summed E-state index contributed by atoms with van der Waals surface area (Å²) in [5, 5.41) is 3.07. The van der Waals surface area contributed by atoms with Crippen LogP contribution in [0.1, 0.15) is 66.2 Å². The van der Waals surface area contributed by atoms with Crippen molar-refractivity contribution in [3.05, 3.63) is 0 Å². The topological polar surface area (TPSA) is 76.7 Å².